The van der Waals surface area contributed by atoms with Gasteiger partial charge in [-0.25, -0.2) is 0 Å². The SMILES string of the molecule is CCCN1CCCCC(N)C1c1cc(OC)ccc1Br. The van der Waals surface area contributed by atoms with Gasteiger partial charge in [0.2, 0.25) is 0 Å². The van der Waals surface area contributed by atoms with Crippen molar-refractivity contribution >= 4 is 15.9 Å². The van der Waals surface area contributed by atoms with Crippen molar-refractivity contribution in [2.45, 2.75) is 44.7 Å². The van der Waals surface area contributed by atoms with E-state index in [4.69, 9.17) is 10.5 Å². The van der Waals surface area contributed by atoms with Crippen molar-refractivity contribution in [3.63, 3.8) is 0 Å². The molecule has 4 heteroatoms. The number of likely N-dealkylation sites (tertiary alicyclic amines) is 1. The maximum Gasteiger partial charge on any atom is 0.119 e. The fourth-order valence-corrected chi connectivity index (χ4v) is 3.58. The molecule has 0 amide bonds. The highest BCUT2D eigenvalue weighted by atomic mass is 79.9. The van der Waals surface area contributed by atoms with Gasteiger partial charge < -0.3 is 10.5 Å². The average Bonchev–Trinajstić information content (AvgIpc) is 2.62. The van der Waals surface area contributed by atoms with Crippen LogP contribution in [0.15, 0.2) is 22.7 Å². The first-order chi connectivity index (χ1) is 9.67. The van der Waals surface area contributed by atoms with E-state index in [-0.39, 0.29) is 12.1 Å². The minimum Gasteiger partial charge on any atom is -0.497 e. The third kappa shape index (κ3) is 3.54. The molecule has 0 radical (unpaired) electrons. The molecule has 1 aliphatic rings. The molecule has 3 nitrogen and oxygen atoms in total. The van der Waals surface area contributed by atoms with Gasteiger partial charge in [0.1, 0.15) is 5.75 Å². The topological polar surface area (TPSA) is 38.5 Å². The number of rotatable bonds is 4. The van der Waals surface area contributed by atoms with Crippen molar-refractivity contribution < 1.29 is 4.74 Å². The van der Waals surface area contributed by atoms with Crippen LogP contribution >= 0.6 is 15.9 Å². The van der Waals surface area contributed by atoms with Crippen LogP contribution in [0.3, 0.4) is 0 Å². The van der Waals surface area contributed by atoms with E-state index in [1.165, 1.54) is 18.4 Å². The maximum absolute atomic E-state index is 6.49. The average molecular weight is 341 g/mol. The van der Waals surface area contributed by atoms with Gasteiger partial charge in [0.25, 0.3) is 0 Å². The molecular formula is C16H25BrN2O. The van der Waals surface area contributed by atoms with Crippen molar-refractivity contribution in [1.29, 1.82) is 0 Å². The number of hydrogen-bond donors (Lipinski definition) is 1. The van der Waals surface area contributed by atoms with E-state index in [0.717, 1.165) is 36.2 Å². The Labute approximate surface area is 130 Å². The van der Waals surface area contributed by atoms with Gasteiger partial charge in [0.15, 0.2) is 0 Å². The lowest BCUT2D eigenvalue weighted by atomic mass is 9.96. The van der Waals surface area contributed by atoms with Crippen molar-refractivity contribution in [3.05, 3.63) is 28.2 Å². The minimum absolute atomic E-state index is 0.187. The lowest BCUT2D eigenvalue weighted by Crippen LogP contribution is -2.40. The highest BCUT2D eigenvalue weighted by Gasteiger charge is 2.29. The minimum atomic E-state index is 0.187. The number of halogens is 1. The summed E-state index contributed by atoms with van der Waals surface area (Å²) in [6.07, 6.45) is 4.71. The van der Waals surface area contributed by atoms with Crippen LogP contribution in [0.1, 0.15) is 44.2 Å². The standard InChI is InChI=1S/C16H25BrN2O/c1-3-9-19-10-5-4-6-15(18)16(19)13-11-12(20-2)7-8-14(13)17/h7-8,11,15-16H,3-6,9-10,18H2,1-2H3. The molecule has 2 atom stereocenters. The summed E-state index contributed by atoms with van der Waals surface area (Å²) in [5, 5.41) is 0. The van der Waals surface area contributed by atoms with Crippen molar-refractivity contribution in [2.24, 2.45) is 5.73 Å². The molecule has 2 unspecified atom stereocenters. The Bertz CT molecular complexity index is 438. The highest BCUT2D eigenvalue weighted by Crippen LogP contribution is 2.35. The fraction of sp³-hybridized carbons (Fsp3) is 0.625. The number of methoxy groups -OCH3 is 1. The quantitative estimate of drug-likeness (QED) is 0.907. The zero-order valence-electron chi connectivity index (χ0n) is 12.4. The van der Waals surface area contributed by atoms with Gasteiger partial charge in [-0.2, -0.15) is 0 Å². The number of nitrogens with zero attached hydrogens (tertiary/aromatic N) is 1. The van der Waals surface area contributed by atoms with Gasteiger partial charge >= 0.3 is 0 Å². The van der Waals surface area contributed by atoms with Gasteiger partial charge in [-0.15, -0.1) is 0 Å². The third-order valence-corrected chi connectivity index (χ3v) is 4.79. The van der Waals surface area contributed by atoms with E-state index in [1.807, 2.05) is 6.07 Å². The van der Waals surface area contributed by atoms with Gasteiger partial charge in [-0.1, -0.05) is 29.3 Å². The molecule has 0 saturated carbocycles. The molecular weight excluding hydrogens is 316 g/mol. The summed E-state index contributed by atoms with van der Waals surface area (Å²) in [7, 11) is 1.71. The first-order valence-electron chi connectivity index (χ1n) is 7.50. The van der Waals surface area contributed by atoms with Crippen LogP contribution in [0.4, 0.5) is 0 Å². The second-order valence-corrected chi connectivity index (χ2v) is 6.38. The molecule has 1 aromatic carbocycles. The normalized spacial score (nSPS) is 24.4. The zero-order valence-corrected chi connectivity index (χ0v) is 14.0. The smallest absolute Gasteiger partial charge is 0.119 e. The number of benzene rings is 1. The lowest BCUT2D eigenvalue weighted by molar-refractivity contribution is 0.185. The van der Waals surface area contributed by atoms with Crippen LogP contribution in [-0.2, 0) is 0 Å². The Morgan fingerprint density at radius 3 is 2.90 bits per heavy atom. The summed E-state index contributed by atoms with van der Waals surface area (Å²) < 4.78 is 6.51. The Balaban J connectivity index is 2.37. The van der Waals surface area contributed by atoms with Crippen LogP contribution in [0.5, 0.6) is 5.75 Å². The summed E-state index contributed by atoms with van der Waals surface area (Å²) in [4.78, 5) is 2.54. The molecule has 1 saturated heterocycles. The third-order valence-electron chi connectivity index (χ3n) is 4.06. The van der Waals surface area contributed by atoms with Crippen LogP contribution in [0.25, 0.3) is 0 Å². The Kier molecular flexibility index (Phi) is 5.87. The molecule has 2 N–H and O–H groups in total. The van der Waals surface area contributed by atoms with Crippen LogP contribution in [0, 0.1) is 0 Å². The molecule has 0 bridgehead atoms. The van der Waals surface area contributed by atoms with Crippen molar-refractivity contribution in [3.8, 4) is 5.75 Å². The summed E-state index contributed by atoms with van der Waals surface area (Å²) in [5.74, 6) is 0.899. The van der Waals surface area contributed by atoms with Gasteiger partial charge in [-0.3, -0.25) is 4.90 Å². The maximum atomic E-state index is 6.49. The molecule has 1 fully saturated rings. The Morgan fingerprint density at radius 1 is 1.40 bits per heavy atom. The lowest BCUT2D eigenvalue weighted by Gasteiger charge is -2.34. The molecule has 1 aliphatic heterocycles. The van der Waals surface area contributed by atoms with Crippen LogP contribution in [0.2, 0.25) is 0 Å². The Hall–Kier alpha value is -0.580. The fourth-order valence-electron chi connectivity index (χ4n) is 3.10. The van der Waals surface area contributed by atoms with E-state index in [9.17, 15) is 0 Å². The highest BCUT2D eigenvalue weighted by molar-refractivity contribution is 9.10. The van der Waals surface area contributed by atoms with E-state index >= 15 is 0 Å². The number of hydrogen-bond acceptors (Lipinski definition) is 3. The summed E-state index contributed by atoms with van der Waals surface area (Å²) in [5.41, 5.74) is 7.75. The predicted molar refractivity (Wildman–Crippen MR) is 87.1 cm³/mol. The molecule has 20 heavy (non-hydrogen) atoms. The van der Waals surface area contributed by atoms with Gasteiger partial charge in [0, 0.05) is 10.5 Å². The molecule has 0 aliphatic carbocycles. The first-order valence-corrected chi connectivity index (χ1v) is 8.29. The van der Waals surface area contributed by atoms with E-state index in [1.54, 1.807) is 7.11 Å². The van der Waals surface area contributed by atoms with Crippen molar-refractivity contribution in [2.75, 3.05) is 20.2 Å². The van der Waals surface area contributed by atoms with Crippen molar-refractivity contribution in [1.82, 2.24) is 4.90 Å². The number of ether oxygens (including phenoxy) is 1. The summed E-state index contributed by atoms with van der Waals surface area (Å²) in [6, 6.07) is 6.65. The number of nitrogens with two attached hydrogens (primary N) is 1. The van der Waals surface area contributed by atoms with Crippen LogP contribution < -0.4 is 10.5 Å². The zero-order chi connectivity index (χ0) is 14.5. The monoisotopic (exact) mass is 340 g/mol. The predicted octanol–water partition coefficient (Wildman–Crippen LogP) is 3.72. The van der Waals surface area contributed by atoms with E-state index < -0.39 is 0 Å². The molecule has 0 aromatic heterocycles. The second-order valence-electron chi connectivity index (χ2n) is 5.53. The molecule has 1 heterocycles. The molecule has 112 valence electrons. The summed E-state index contributed by atoms with van der Waals surface area (Å²) >= 11 is 3.69. The largest absolute Gasteiger partial charge is 0.497 e. The Morgan fingerprint density at radius 2 is 2.20 bits per heavy atom. The van der Waals surface area contributed by atoms with E-state index in [2.05, 4.69) is 39.9 Å². The summed E-state index contributed by atoms with van der Waals surface area (Å²) in [6.45, 7) is 4.46. The molecule has 1 aromatic rings. The molecule has 0 spiro atoms. The second kappa shape index (κ2) is 7.43. The first kappa shape index (κ1) is 15.8. The van der Waals surface area contributed by atoms with Crippen LogP contribution in [-0.4, -0.2) is 31.1 Å². The van der Waals surface area contributed by atoms with Gasteiger partial charge in [0.05, 0.1) is 13.2 Å². The molecule has 2 rings (SSSR count). The van der Waals surface area contributed by atoms with E-state index in [0.29, 0.717) is 0 Å². The van der Waals surface area contributed by atoms with Gasteiger partial charge in [-0.05, 0) is 56.1 Å².